The SMILES string of the molecule is CC1CCC(N(C)CCC2CS(=O)(=O)CCN2)CC1. The number of nitrogens with zero attached hydrogens (tertiary/aromatic N) is 1. The topological polar surface area (TPSA) is 49.4 Å². The molecular formula is C14H28N2O2S. The van der Waals surface area contributed by atoms with E-state index in [9.17, 15) is 8.42 Å². The Morgan fingerprint density at radius 3 is 2.53 bits per heavy atom. The lowest BCUT2D eigenvalue weighted by Crippen LogP contribution is -2.47. The van der Waals surface area contributed by atoms with Gasteiger partial charge in [-0.05, 0) is 51.6 Å². The van der Waals surface area contributed by atoms with Crippen molar-refractivity contribution in [2.45, 2.75) is 51.1 Å². The minimum Gasteiger partial charge on any atom is -0.312 e. The fraction of sp³-hybridized carbons (Fsp3) is 1.00. The van der Waals surface area contributed by atoms with Gasteiger partial charge in [-0.1, -0.05) is 6.92 Å². The molecule has 1 atom stereocenters. The van der Waals surface area contributed by atoms with Crippen LogP contribution in [-0.2, 0) is 9.84 Å². The first-order valence-corrected chi connectivity index (χ1v) is 9.42. The molecule has 1 saturated heterocycles. The van der Waals surface area contributed by atoms with E-state index >= 15 is 0 Å². The second-order valence-electron chi connectivity index (χ2n) is 6.45. The van der Waals surface area contributed by atoms with E-state index in [4.69, 9.17) is 0 Å². The van der Waals surface area contributed by atoms with Crippen molar-refractivity contribution < 1.29 is 8.42 Å². The van der Waals surface area contributed by atoms with E-state index in [1.807, 2.05) is 0 Å². The molecule has 0 aromatic heterocycles. The van der Waals surface area contributed by atoms with Gasteiger partial charge >= 0.3 is 0 Å². The van der Waals surface area contributed by atoms with E-state index in [1.54, 1.807) is 0 Å². The lowest BCUT2D eigenvalue weighted by Gasteiger charge is -2.34. The van der Waals surface area contributed by atoms with E-state index in [0.29, 0.717) is 24.1 Å². The molecule has 1 unspecified atom stereocenters. The van der Waals surface area contributed by atoms with Crippen molar-refractivity contribution in [3.63, 3.8) is 0 Å². The van der Waals surface area contributed by atoms with Gasteiger partial charge in [0, 0.05) is 18.6 Å². The molecular weight excluding hydrogens is 260 g/mol. The number of hydrogen-bond acceptors (Lipinski definition) is 4. The first-order valence-electron chi connectivity index (χ1n) is 7.60. The average molecular weight is 288 g/mol. The maximum atomic E-state index is 11.6. The Balaban J connectivity index is 1.72. The monoisotopic (exact) mass is 288 g/mol. The Morgan fingerprint density at radius 2 is 1.89 bits per heavy atom. The fourth-order valence-corrected chi connectivity index (χ4v) is 4.77. The number of sulfone groups is 1. The molecule has 0 spiro atoms. The van der Waals surface area contributed by atoms with Crippen molar-refractivity contribution in [2.75, 3.05) is 31.6 Å². The predicted octanol–water partition coefficient (Wildman–Crippen LogP) is 1.27. The summed E-state index contributed by atoms with van der Waals surface area (Å²) in [7, 11) is -0.601. The number of hydrogen-bond donors (Lipinski definition) is 1. The molecule has 1 saturated carbocycles. The highest BCUT2D eigenvalue weighted by molar-refractivity contribution is 7.91. The Morgan fingerprint density at radius 1 is 1.21 bits per heavy atom. The molecule has 0 amide bonds. The van der Waals surface area contributed by atoms with Gasteiger partial charge in [-0.3, -0.25) is 0 Å². The summed E-state index contributed by atoms with van der Waals surface area (Å²) in [4.78, 5) is 2.44. The van der Waals surface area contributed by atoms with Gasteiger partial charge < -0.3 is 10.2 Å². The van der Waals surface area contributed by atoms with Crippen LogP contribution in [0.3, 0.4) is 0 Å². The molecule has 2 aliphatic rings. The lowest BCUT2D eigenvalue weighted by atomic mass is 9.86. The Kier molecular flexibility index (Phi) is 5.26. The second kappa shape index (κ2) is 6.55. The van der Waals surface area contributed by atoms with Gasteiger partial charge in [0.05, 0.1) is 11.5 Å². The van der Waals surface area contributed by atoms with Crippen molar-refractivity contribution in [1.82, 2.24) is 10.2 Å². The number of nitrogens with one attached hydrogen (secondary N) is 1. The normalized spacial score (nSPS) is 35.4. The second-order valence-corrected chi connectivity index (χ2v) is 8.68. The Labute approximate surface area is 117 Å². The minimum atomic E-state index is -2.79. The number of rotatable bonds is 4. The molecule has 19 heavy (non-hydrogen) atoms. The van der Waals surface area contributed by atoms with E-state index < -0.39 is 9.84 Å². The fourth-order valence-electron chi connectivity index (χ4n) is 3.28. The minimum absolute atomic E-state index is 0.156. The third-order valence-corrected chi connectivity index (χ3v) is 6.48. The summed E-state index contributed by atoms with van der Waals surface area (Å²) in [5.41, 5.74) is 0. The summed E-state index contributed by atoms with van der Waals surface area (Å²) in [6, 6.07) is 0.861. The molecule has 4 nitrogen and oxygen atoms in total. The smallest absolute Gasteiger partial charge is 0.153 e. The summed E-state index contributed by atoms with van der Waals surface area (Å²) < 4.78 is 23.2. The van der Waals surface area contributed by atoms with Crippen LogP contribution in [0.5, 0.6) is 0 Å². The summed E-state index contributed by atoms with van der Waals surface area (Å²) in [6.45, 7) is 3.97. The van der Waals surface area contributed by atoms with Crippen LogP contribution >= 0.6 is 0 Å². The maximum Gasteiger partial charge on any atom is 0.153 e. The maximum absolute atomic E-state index is 11.6. The molecule has 5 heteroatoms. The molecule has 2 rings (SSSR count). The summed E-state index contributed by atoms with van der Waals surface area (Å²) in [5.74, 6) is 1.51. The lowest BCUT2D eigenvalue weighted by molar-refractivity contribution is 0.165. The van der Waals surface area contributed by atoms with Crippen LogP contribution < -0.4 is 5.32 Å². The third-order valence-electron chi connectivity index (χ3n) is 4.74. The molecule has 0 bridgehead atoms. The van der Waals surface area contributed by atoms with Crippen LogP contribution in [0.25, 0.3) is 0 Å². The highest BCUT2D eigenvalue weighted by Crippen LogP contribution is 2.26. The highest BCUT2D eigenvalue weighted by atomic mass is 32.2. The van der Waals surface area contributed by atoms with Gasteiger partial charge in [-0.2, -0.15) is 0 Å². The van der Waals surface area contributed by atoms with Crippen molar-refractivity contribution in [3.05, 3.63) is 0 Å². The molecule has 1 aliphatic heterocycles. The Bertz CT molecular complexity index is 375. The van der Waals surface area contributed by atoms with Gasteiger partial charge in [0.15, 0.2) is 9.84 Å². The largest absolute Gasteiger partial charge is 0.312 e. The van der Waals surface area contributed by atoms with E-state index in [2.05, 4.69) is 24.2 Å². The zero-order chi connectivity index (χ0) is 13.9. The predicted molar refractivity (Wildman–Crippen MR) is 79.1 cm³/mol. The summed E-state index contributed by atoms with van der Waals surface area (Å²) in [6.07, 6.45) is 6.22. The van der Waals surface area contributed by atoms with E-state index in [0.717, 1.165) is 18.9 Å². The molecule has 0 radical (unpaired) electrons. The van der Waals surface area contributed by atoms with Crippen LogP contribution in [-0.4, -0.2) is 57.0 Å². The van der Waals surface area contributed by atoms with Crippen molar-refractivity contribution in [1.29, 1.82) is 0 Å². The quantitative estimate of drug-likeness (QED) is 0.846. The van der Waals surface area contributed by atoms with Crippen LogP contribution in [0.4, 0.5) is 0 Å². The molecule has 2 fully saturated rings. The molecule has 1 heterocycles. The zero-order valence-electron chi connectivity index (χ0n) is 12.3. The van der Waals surface area contributed by atoms with Gasteiger partial charge in [-0.15, -0.1) is 0 Å². The van der Waals surface area contributed by atoms with Crippen molar-refractivity contribution in [3.8, 4) is 0 Å². The van der Waals surface area contributed by atoms with Gasteiger partial charge in [-0.25, -0.2) is 8.42 Å². The van der Waals surface area contributed by atoms with E-state index in [1.165, 1.54) is 25.7 Å². The zero-order valence-corrected chi connectivity index (χ0v) is 13.1. The van der Waals surface area contributed by atoms with Crippen LogP contribution in [0.1, 0.15) is 39.0 Å². The molecule has 112 valence electrons. The molecule has 0 aromatic carbocycles. The Hall–Kier alpha value is -0.130. The van der Waals surface area contributed by atoms with Gasteiger partial charge in [0.1, 0.15) is 0 Å². The highest BCUT2D eigenvalue weighted by Gasteiger charge is 2.26. The van der Waals surface area contributed by atoms with Gasteiger partial charge in [0.25, 0.3) is 0 Å². The van der Waals surface area contributed by atoms with E-state index in [-0.39, 0.29) is 6.04 Å². The van der Waals surface area contributed by atoms with Crippen molar-refractivity contribution >= 4 is 9.84 Å². The average Bonchev–Trinajstić information content (AvgIpc) is 2.36. The molecule has 1 N–H and O–H groups in total. The summed E-state index contributed by atoms with van der Waals surface area (Å²) in [5, 5.41) is 3.33. The van der Waals surface area contributed by atoms with Gasteiger partial charge in [0.2, 0.25) is 0 Å². The standard InChI is InChI=1S/C14H28N2O2S/c1-12-3-5-14(6-4-12)16(2)9-7-13-11-19(17,18)10-8-15-13/h12-15H,3-11H2,1-2H3. The van der Waals surface area contributed by atoms with Crippen LogP contribution in [0.2, 0.25) is 0 Å². The van der Waals surface area contributed by atoms with Crippen LogP contribution in [0.15, 0.2) is 0 Å². The first-order chi connectivity index (χ1) is 8.96. The molecule has 1 aliphatic carbocycles. The molecule has 0 aromatic rings. The van der Waals surface area contributed by atoms with Crippen LogP contribution in [0, 0.1) is 5.92 Å². The third kappa shape index (κ3) is 4.72. The first kappa shape index (κ1) is 15.3. The summed E-state index contributed by atoms with van der Waals surface area (Å²) >= 11 is 0. The van der Waals surface area contributed by atoms with Crippen molar-refractivity contribution in [2.24, 2.45) is 5.92 Å².